The van der Waals surface area contributed by atoms with Crippen molar-refractivity contribution in [3.05, 3.63) is 52.5 Å². The van der Waals surface area contributed by atoms with Crippen molar-refractivity contribution in [1.29, 1.82) is 0 Å². The number of nitrogens with one attached hydrogen (secondary N) is 1. The zero-order valence-corrected chi connectivity index (χ0v) is 14.9. The zero-order valence-electron chi connectivity index (χ0n) is 13.3. The lowest BCUT2D eigenvalue weighted by Crippen LogP contribution is -2.13. The van der Waals surface area contributed by atoms with E-state index in [1.54, 1.807) is 28.2 Å². The summed E-state index contributed by atoms with van der Waals surface area (Å²) in [4.78, 5) is 13.2. The number of thioether (sulfide) groups is 1. The summed E-state index contributed by atoms with van der Waals surface area (Å²) in [5.74, 6) is -0.170. The molecule has 25 heavy (non-hydrogen) atoms. The SMILES string of the molecule is O=C(CCSc1nnnn1CCc1cccs1)Nc1ccccc1F. The van der Waals surface area contributed by atoms with E-state index >= 15 is 0 Å². The van der Waals surface area contributed by atoms with E-state index < -0.39 is 5.82 Å². The highest BCUT2D eigenvalue weighted by Gasteiger charge is 2.10. The van der Waals surface area contributed by atoms with Crippen LogP contribution in [-0.2, 0) is 17.8 Å². The van der Waals surface area contributed by atoms with Crippen molar-refractivity contribution in [3.63, 3.8) is 0 Å². The maximum Gasteiger partial charge on any atom is 0.225 e. The average molecular weight is 377 g/mol. The van der Waals surface area contributed by atoms with Crippen LogP contribution in [0.5, 0.6) is 0 Å². The molecule has 1 aromatic carbocycles. The van der Waals surface area contributed by atoms with Gasteiger partial charge < -0.3 is 5.32 Å². The molecule has 3 rings (SSSR count). The van der Waals surface area contributed by atoms with Crippen LogP contribution in [0.1, 0.15) is 11.3 Å². The lowest BCUT2D eigenvalue weighted by atomic mass is 10.3. The summed E-state index contributed by atoms with van der Waals surface area (Å²) in [6, 6.07) is 10.2. The Bertz CT molecular complexity index is 822. The Morgan fingerprint density at radius 3 is 2.96 bits per heavy atom. The molecular formula is C16H16FN5OS2. The molecule has 0 fully saturated rings. The predicted molar refractivity (Wildman–Crippen MR) is 96.2 cm³/mol. The highest BCUT2D eigenvalue weighted by atomic mass is 32.2. The molecule has 0 saturated heterocycles. The second-order valence-corrected chi connectivity index (χ2v) is 7.23. The summed E-state index contributed by atoms with van der Waals surface area (Å²) in [6.45, 7) is 0.692. The number of amides is 1. The van der Waals surface area contributed by atoms with E-state index in [9.17, 15) is 9.18 Å². The minimum Gasteiger partial charge on any atom is -0.324 e. The maximum atomic E-state index is 13.5. The van der Waals surface area contributed by atoms with Gasteiger partial charge in [-0.15, -0.1) is 16.4 Å². The van der Waals surface area contributed by atoms with E-state index in [2.05, 4.69) is 26.9 Å². The Hall–Kier alpha value is -2.26. The fourth-order valence-corrected chi connectivity index (χ4v) is 3.66. The summed E-state index contributed by atoms with van der Waals surface area (Å²) in [5, 5.41) is 16.9. The summed E-state index contributed by atoms with van der Waals surface area (Å²) < 4.78 is 15.2. The average Bonchev–Trinajstić information content (AvgIpc) is 3.26. The number of hydrogen-bond acceptors (Lipinski definition) is 6. The van der Waals surface area contributed by atoms with Crippen LogP contribution in [-0.4, -0.2) is 31.9 Å². The number of aromatic nitrogens is 4. The molecule has 0 aliphatic carbocycles. The van der Waals surface area contributed by atoms with Crippen LogP contribution in [0.4, 0.5) is 10.1 Å². The Morgan fingerprint density at radius 1 is 1.28 bits per heavy atom. The van der Waals surface area contributed by atoms with Gasteiger partial charge in [-0.1, -0.05) is 30.0 Å². The summed E-state index contributed by atoms with van der Waals surface area (Å²) in [5.41, 5.74) is 0.193. The molecule has 0 bridgehead atoms. The Morgan fingerprint density at radius 2 is 2.16 bits per heavy atom. The lowest BCUT2D eigenvalue weighted by molar-refractivity contribution is -0.115. The van der Waals surface area contributed by atoms with E-state index in [1.807, 2.05) is 11.4 Å². The number of rotatable bonds is 8. The molecule has 0 aliphatic heterocycles. The number of carbonyl (C=O) groups is 1. The van der Waals surface area contributed by atoms with Gasteiger partial charge in [-0.05, 0) is 34.0 Å². The fraction of sp³-hybridized carbons (Fsp3) is 0.250. The second kappa shape index (κ2) is 8.72. The largest absolute Gasteiger partial charge is 0.324 e. The van der Waals surface area contributed by atoms with Crippen LogP contribution in [0.25, 0.3) is 0 Å². The standard InChI is InChI=1S/C16H16FN5OS2/c17-13-5-1-2-6-14(13)18-15(23)8-11-25-16-19-20-21-22(16)9-7-12-4-3-10-24-12/h1-6,10H,7-9,11H2,(H,18,23). The molecule has 6 nitrogen and oxygen atoms in total. The van der Waals surface area contributed by atoms with E-state index in [4.69, 9.17) is 0 Å². The third-order valence-electron chi connectivity index (χ3n) is 3.36. The van der Waals surface area contributed by atoms with Gasteiger partial charge in [0.2, 0.25) is 11.1 Å². The number of nitrogens with zero attached hydrogens (tertiary/aromatic N) is 4. The smallest absolute Gasteiger partial charge is 0.225 e. The molecule has 130 valence electrons. The van der Waals surface area contributed by atoms with E-state index in [-0.39, 0.29) is 18.0 Å². The Labute approximate surface area is 152 Å². The minimum absolute atomic E-state index is 0.193. The molecule has 0 spiro atoms. The van der Waals surface area contributed by atoms with Gasteiger partial charge in [-0.3, -0.25) is 4.79 Å². The van der Waals surface area contributed by atoms with Crippen molar-refractivity contribution in [3.8, 4) is 0 Å². The molecular weight excluding hydrogens is 361 g/mol. The van der Waals surface area contributed by atoms with Crippen molar-refractivity contribution in [2.24, 2.45) is 0 Å². The first kappa shape index (κ1) is 17.6. The third-order valence-corrected chi connectivity index (χ3v) is 5.25. The Balaban J connectivity index is 1.45. The van der Waals surface area contributed by atoms with Crippen LogP contribution in [0.2, 0.25) is 0 Å². The highest BCUT2D eigenvalue weighted by Crippen LogP contribution is 2.18. The molecule has 9 heteroatoms. The van der Waals surface area contributed by atoms with Gasteiger partial charge >= 0.3 is 0 Å². The number of tetrazole rings is 1. The topological polar surface area (TPSA) is 72.7 Å². The molecule has 3 aromatic rings. The van der Waals surface area contributed by atoms with Gasteiger partial charge in [0.05, 0.1) is 12.2 Å². The number of hydrogen-bond donors (Lipinski definition) is 1. The first-order valence-electron chi connectivity index (χ1n) is 7.68. The summed E-state index contributed by atoms with van der Waals surface area (Å²) in [6.07, 6.45) is 1.11. The summed E-state index contributed by atoms with van der Waals surface area (Å²) in [7, 11) is 0. The minimum atomic E-state index is -0.443. The van der Waals surface area contributed by atoms with Crippen LogP contribution < -0.4 is 5.32 Å². The van der Waals surface area contributed by atoms with Gasteiger partial charge in [-0.25, -0.2) is 9.07 Å². The molecule has 0 radical (unpaired) electrons. The van der Waals surface area contributed by atoms with Crippen LogP contribution in [0.3, 0.4) is 0 Å². The van der Waals surface area contributed by atoms with Gasteiger partial charge in [0.1, 0.15) is 5.82 Å². The number of anilines is 1. The molecule has 2 heterocycles. The predicted octanol–water partition coefficient (Wildman–Crippen LogP) is 3.24. The molecule has 1 amide bonds. The van der Waals surface area contributed by atoms with E-state index in [1.165, 1.54) is 28.8 Å². The van der Waals surface area contributed by atoms with Crippen LogP contribution in [0.15, 0.2) is 46.9 Å². The first-order valence-corrected chi connectivity index (χ1v) is 9.54. The van der Waals surface area contributed by atoms with Gasteiger partial charge in [0, 0.05) is 23.5 Å². The number of thiophene rings is 1. The molecule has 0 atom stereocenters. The lowest BCUT2D eigenvalue weighted by Gasteiger charge is -2.06. The number of halogens is 1. The third kappa shape index (κ3) is 5.10. The maximum absolute atomic E-state index is 13.5. The van der Waals surface area contributed by atoms with Crippen molar-refractivity contribution in [1.82, 2.24) is 20.2 Å². The van der Waals surface area contributed by atoms with Crippen molar-refractivity contribution in [2.75, 3.05) is 11.1 Å². The number of benzene rings is 1. The molecule has 0 saturated carbocycles. The normalized spacial score (nSPS) is 10.8. The number of aryl methyl sites for hydroxylation is 2. The number of para-hydroxylation sites is 1. The highest BCUT2D eigenvalue weighted by molar-refractivity contribution is 7.99. The number of carbonyl (C=O) groups excluding carboxylic acids is 1. The monoisotopic (exact) mass is 377 g/mol. The zero-order chi connectivity index (χ0) is 17.5. The van der Waals surface area contributed by atoms with Crippen molar-refractivity contribution < 1.29 is 9.18 Å². The van der Waals surface area contributed by atoms with Crippen LogP contribution in [0, 0.1) is 5.82 Å². The second-order valence-electron chi connectivity index (χ2n) is 5.14. The van der Waals surface area contributed by atoms with Crippen molar-refractivity contribution >= 4 is 34.7 Å². The van der Waals surface area contributed by atoms with E-state index in [0.29, 0.717) is 17.5 Å². The van der Waals surface area contributed by atoms with Gasteiger partial charge in [0.15, 0.2) is 0 Å². The van der Waals surface area contributed by atoms with Crippen molar-refractivity contribution in [2.45, 2.75) is 24.5 Å². The van der Waals surface area contributed by atoms with Gasteiger partial charge in [0.25, 0.3) is 0 Å². The molecule has 0 unspecified atom stereocenters. The fourth-order valence-electron chi connectivity index (χ4n) is 2.12. The molecule has 1 N–H and O–H groups in total. The summed E-state index contributed by atoms with van der Waals surface area (Å²) >= 11 is 3.11. The van der Waals surface area contributed by atoms with E-state index in [0.717, 1.165) is 6.42 Å². The molecule has 0 aliphatic rings. The van der Waals surface area contributed by atoms with Gasteiger partial charge in [-0.2, -0.15) is 0 Å². The molecule has 2 aromatic heterocycles. The van der Waals surface area contributed by atoms with Crippen LogP contribution >= 0.6 is 23.1 Å². The quantitative estimate of drug-likeness (QED) is 0.610. The first-order chi connectivity index (χ1) is 12.2. The Kier molecular flexibility index (Phi) is 6.13.